The maximum Gasteiger partial charge on any atom is 0.316 e. The molecular weight excluding hydrogens is 388 g/mol. The molecular formula is C27H32O2S. The topological polar surface area (TPSA) is 26.3 Å². The molecule has 0 amide bonds. The Morgan fingerprint density at radius 2 is 0.900 bits per heavy atom. The van der Waals surface area contributed by atoms with Crippen LogP contribution in [0.2, 0.25) is 0 Å². The molecule has 3 aromatic rings. The van der Waals surface area contributed by atoms with Crippen molar-refractivity contribution < 1.29 is 8.98 Å². The van der Waals surface area contributed by atoms with E-state index in [0.29, 0.717) is 6.42 Å². The minimum atomic E-state index is -2.17. The lowest BCUT2D eigenvalue weighted by Crippen LogP contribution is -2.13. The lowest BCUT2D eigenvalue weighted by Gasteiger charge is -2.40. The first-order valence-electron chi connectivity index (χ1n) is 10.9. The average molecular weight is 421 g/mol. The van der Waals surface area contributed by atoms with E-state index in [1.165, 1.54) is 16.7 Å². The van der Waals surface area contributed by atoms with Crippen molar-refractivity contribution in [1.29, 1.82) is 0 Å². The Morgan fingerprint density at radius 3 is 1.13 bits per heavy atom. The van der Waals surface area contributed by atoms with Crippen molar-refractivity contribution in [2.75, 3.05) is 0 Å². The van der Waals surface area contributed by atoms with Gasteiger partial charge in [-0.25, -0.2) is 0 Å². The van der Waals surface area contributed by atoms with E-state index in [0.717, 1.165) is 33.9 Å². The van der Waals surface area contributed by atoms with Gasteiger partial charge in [0.1, 0.15) is 0 Å². The molecule has 0 fully saturated rings. The third-order valence-electron chi connectivity index (χ3n) is 5.50. The van der Waals surface area contributed by atoms with Crippen LogP contribution >= 0.6 is 10.3 Å². The van der Waals surface area contributed by atoms with Gasteiger partial charge in [-0.1, -0.05) is 64.1 Å². The highest BCUT2D eigenvalue weighted by molar-refractivity contribution is 8.30. The fraction of sp³-hybridized carbons (Fsp3) is 0.296. The summed E-state index contributed by atoms with van der Waals surface area (Å²) >= 11 is 0. The largest absolute Gasteiger partial charge is 0.402 e. The van der Waals surface area contributed by atoms with Crippen molar-refractivity contribution in [2.45, 2.75) is 68.1 Å². The molecule has 0 aromatic heterocycles. The number of benzene rings is 3. The number of carbonyl (C=O) groups is 1. The molecule has 0 heterocycles. The van der Waals surface area contributed by atoms with Gasteiger partial charge in [-0.05, 0) is 82.7 Å². The molecule has 0 aliphatic rings. The molecule has 0 radical (unpaired) electrons. The number of carbonyl (C=O) groups excluding carboxylic acids is 1. The Kier molecular flexibility index (Phi) is 7.38. The summed E-state index contributed by atoms with van der Waals surface area (Å²) < 4.78 is 6.41. The van der Waals surface area contributed by atoms with Crippen LogP contribution in [0.15, 0.2) is 87.5 Å². The second-order valence-corrected chi connectivity index (χ2v) is 10.1. The molecule has 0 N–H and O–H groups in total. The van der Waals surface area contributed by atoms with E-state index >= 15 is 0 Å². The first-order valence-corrected chi connectivity index (χ1v) is 12.5. The number of hydrogen-bond donors (Lipinski definition) is 0. The van der Waals surface area contributed by atoms with Crippen molar-refractivity contribution in [1.82, 2.24) is 0 Å². The van der Waals surface area contributed by atoms with Crippen molar-refractivity contribution >= 4 is 16.3 Å². The van der Waals surface area contributed by atoms with Crippen LogP contribution < -0.4 is 0 Å². The predicted octanol–water partition coefficient (Wildman–Crippen LogP) is 7.52. The highest BCUT2D eigenvalue weighted by atomic mass is 32.3. The summed E-state index contributed by atoms with van der Waals surface area (Å²) in [5, 5.41) is 0. The molecule has 0 aliphatic heterocycles. The molecule has 2 nitrogen and oxygen atoms in total. The van der Waals surface area contributed by atoms with Gasteiger partial charge in [0.05, 0.1) is 0 Å². The van der Waals surface area contributed by atoms with Gasteiger partial charge >= 0.3 is 5.97 Å². The van der Waals surface area contributed by atoms with Crippen LogP contribution in [-0.2, 0) is 28.2 Å². The summed E-state index contributed by atoms with van der Waals surface area (Å²) in [5.74, 6) is -0.177. The maximum atomic E-state index is 12.7. The standard InChI is InChI=1S/C27H32O2S/c1-5-21-9-15-24(16-10-21)30(29-27(28)8-4,25-17-11-22(6-2)12-18-25)26-19-13-23(7-3)14-20-26/h9-20H,5-8H2,1-4H3. The molecule has 0 aliphatic carbocycles. The van der Waals surface area contributed by atoms with Crippen LogP contribution in [0.1, 0.15) is 50.8 Å². The first kappa shape index (κ1) is 22.2. The molecule has 0 bridgehead atoms. The van der Waals surface area contributed by atoms with Crippen molar-refractivity contribution in [3.05, 3.63) is 89.5 Å². The smallest absolute Gasteiger partial charge is 0.316 e. The van der Waals surface area contributed by atoms with E-state index in [-0.39, 0.29) is 5.97 Å². The Hall–Kier alpha value is -2.52. The highest BCUT2D eigenvalue weighted by Gasteiger charge is 2.35. The molecule has 0 unspecified atom stereocenters. The van der Waals surface area contributed by atoms with Crippen LogP contribution in [0.25, 0.3) is 0 Å². The highest BCUT2D eigenvalue weighted by Crippen LogP contribution is 2.69. The molecule has 30 heavy (non-hydrogen) atoms. The van der Waals surface area contributed by atoms with Gasteiger partial charge in [-0.3, -0.25) is 4.79 Å². The summed E-state index contributed by atoms with van der Waals surface area (Å²) in [5.41, 5.74) is 3.82. The number of hydrogen-bond acceptors (Lipinski definition) is 2. The third kappa shape index (κ3) is 4.46. The van der Waals surface area contributed by atoms with Gasteiger partial charge in [-0.2, -0.15) is 0 Å². The van der Waals surface area contributed by atoms with E-state index in [2.05, 4.69) is 93.6 Å². The zero-order chi connectivity index (χ0) is 21.6. The summed E-state index contributed by atoms with van der Waals surface area (Å²) in [7, 11) is -2.17. The number of aryl methyl sites for hydroxylation is 3. The third-order valence-corrected chi connectivity index (χ3v) is 8.74. The minimum Gasteiger partial charge on any atom is -0.402 e. The summed E-state index contributed by atoms with van der Waals surface area (Å²) in [6, 6.07) is 25.7. The quantitative estimate of drug-likeness (QED) is 0.376. The molecule has 0 saturated heterocycles. The van der Waals surface area contributed by atoms with Crippen LogP contribution in [0.4, 0.5) is 0 Å². The number of rotatable bonds is 8. The normalized spacial score (nSPS) is 11.9. The summed E-state index contributed by atoms with van der Waals surface area (Å²) in [4.78, 5) is 15.9. The second-order valence-electron chi connectivity index (χ2n) is 7.36. The van der Waals surface area contributed by atoms with E-state index in [4.69, 9.17) is 4.18 Å². The SMILES string of the molecule is CCC(=O)OS(c1ccc(CC)cc1)(c1ccc(CC)cc1)c1ccc(CC)cc1. The Morgan fingerprint density at radius 1 is 0.600 bits per heavy atom. The monoisotopic (exact) mass is 420 g/mol. The molecule has 158 valence electrons. The Bertz CT molecular complexity index is 842. The van der Waals surface area contributed by atoms with E-state index in [1.807, 2.05) is 6.92 Å². The molecule has 0 saturated carbocycles. The second kappa shape index (κ2) is 9.99. The summed E-state index contributed by atoms with van der Waals surface area (Å²) in [6.45, 7) is 8.31. The lowest BCUT2D eigenvalue weighted by molar-refractivity contribution is -0.133. The first-order chi connectivity index (χ1) is 14.6. The van der Waals surface area contributed by atoms with E-state index in [1.54, 1.807) is 0 Å². The zero-order valence-corrected chi connectivity index (χ0v) is 19.3. The van der Waals surface area contributed by atoms with Gasteiger partial charge in [0.2, 0.25) is 0 Å². The maximum absolute atomic E-state index is 12.7. The zero-order valence-electron chi connectivity index (χ0n) is 18.5. The predicted molar refractivity (Wildman–Crippen MR) is 126 cm³/mol. The molecule has 3 heteroatoms. The minimum absolute atomic E-state index is 0.177. The van der Waals surface area contributed by atoms with Gasteiger partial charge < -0.3 is 4.18 Å². The van der Waals surface area contributed by atoms with Gasteiger partial charge in [0.25, 0.3) is 0 Å². The van der Waals surface area contributed by atoms with Gasteiger partial charge in [-0.15, -0.1) is 0 Å². The fourth-order valence-electron chi connectivity index (χ4n) is 3.50. The van der Waals surface area contributed by atoms with Crippen LogP contribution in [-0.4, -0.2) is 5.97 Å². The fourth-order valence-corrected chi connectivity index (χ4v) is 6.56. The Balaban J connectivity index is 2.28. The molecule has 0 atom stereocenters. The molecule has 3 rings (SSSR count). The van der Waals surface area contributed by atoms with Crippen LogP contribution in [0.5, 0.6) is 0 Å². The van der Waals surface area contributed by atoms with E-state index in [9.17, 15) is 4.79 Å². The lowest BCUT2D eigenvalue weighted by atomic mass is 10.2. The van der Waals surface area contributed by atoms with Crippen LogP contribution in [0, 0.1) is 0 Å². The Labute approximate surface area is 182 Å². The van der Waals surface area contributed by atoms with Gasteiger partial charge in [0.15, 0.2) is 0 Å². The molecule has 0 spiro atoms. The van der Waals surface area contributed by atoms with E-state index < -0.39 is 10.3 Å². The molecule has 3 aromatic carbocycles. The van der Waals surface area contributed by atoms with Crippen molar-refractivity contribution in [3.63, 3.8) is 0 Å². The van der Waals surface area contributed by atoms with Crippen molar-refractivity contribution in [3.8, 4) is 0 Å². The van der Waals surface area contributed by atoms with Crippen molar-refractivity contribution in [2.24, 2.45) is 0 Å². The van der Waals surface area contributed by atoms with Gasteiger partial charge in [0, 0.05) is 21.1 Å². The average Bonchev–Trinajstić information content (AvgIpc) is 2.82. The van der Waals surface area contributed by atoms with Crippen LogP contribution in [0.3, 0.4) is 0 Å². The summed E-state index contributed by atoms with van der Waals surface area (Å²) in [6.07, 6.45) is 3.29.